The maximum absolute atomic E-state index is 14.3. The first kappa shape index (κ1) is 14.6. The lowest BCUT2D eigenvalue weighted by molar-refractivity contribution is 0.698. The van der Waals surface area contributed by atoms with E-state index in [1.165, 1.54) is 0 Å². The van der Waals surface area contributed by atoms with E-state index in [2.05, 4.69) is 0 Å². The summed E-state index contributed by atoms with van der Waals surface area (Å²) in [5.41, 5.74) is 2.12. The highest BCUT2D eigenvalue weighted by molar-refractivity contribution is 5.96. The summed E-state index contributed by atoms with van der Waals surface area (Å²) < 4.78 is -0.608. The summed E-state index contributed by atoms with van der Waals surface area (Å²) in [4.78, 5) is 0. The van der Waals surface area contributed by atoms with E-state index in [4.69, 9.17) is 0 Å². The van der Waals surface area contributed by atoms with Gasteiger partial charge in [0.05, 0.1) is 0 Å². The molecule has 0 amide bonds. The van der Waals surface area contributed by atoms with Crippen LogP contribution in [-0.2, 0) is 0 Å². The van der Waals surface area contributed by atoms with E-state index in [1.807, 2.05) is 103 Å². The van der Waals surface area contributed by atoms with Crippen LogP contribution in [0.5, 0.6) is 0 Å². The van der Waals surface area contributed by atoms with E-state index in [0.717, 1.165) is 16.5 Å². The molecule has 24 heavy (non-hydrogen) atoms. The summed E-state index contributed by atoms with van der Waals surface area (Å²) >= 11 is 0. The molecule has 116 valence electrons. The predicted octanol–water partition coefficient (Wildman–Crippen LogP) is 6.31. The zero-order valence-electron chi connectivity index (χ0n) is 13.2. The fraction of sp³-hybridized carbons (Fsp3) is 0. The standard InChI is InChI=1S/C22H17NO/c24-23(19-12-3-1-4-13-19,20-14-5-2-6-15-20)22-17-9-11-18-10-7-8-16-21(18)22/h1-17H. The van der Waals surface area contributed by atoms with Crippen molar-refractivity contribution in [3.63, 3.8) is 0 Å². The number of para-hydroxylation sites is 2. The summed E-state index contributed by atoms with van der Waals surface area (Å²) in [6.45, 7) is 0. The summed E-state index contributed by atoms with van der Waals surface area (Å²) in [5, 5.41) is 16.3. The average Bonchev–Trinajstić information content (AvgIpc) is 2.68. The van der Waals surface area contributed by atoms with Crippen molar-refractivity contribution in [2.24, 2.45) is 0 Å². The smallest absolute Gasteiger partial charge is 0.150 e. The van der Waals surface area contributed by atoms with E-state index in [-0.39, 0.29) is 0 Å². The van der Waals surface area contributed by atoms with E-state index < -0.39 is 4.65 Å². The van der Waals surface area contributed by atoms with Gasteiger partial charge in [0, 0.05) is 35.7 Å². The van der Waals surface area contributed by atoms with Gasteiger partial charge in [0.1, 0.15) is 11.4 Å². The quantitative estimate of drug-likeness (QED) is 0.321. The Morgan fingerprint density at radius 1 is 0.500 bits per heavy atom. The van der Waals surface area contributed by atoms with Crippen LogP contribution in [0.3, 0.4) is 0 Å². The summed E-state index contributed by atoms with van der Waals surface area (Å²) in [6, 6.07) is 33.0. The van der Waals surface area contributed by atoms with Crippen LogP contribution < -0.4 is 4.65 Å². The number of hydrogen-bond donors (Lipinski definition) is 0. The lowest BCUT2D eigenvalue weighted by Crippen LogP contribution is -2.31. The van der Waals surface area contributed by atoms with E-state index >= 15 is 0 Å². The van der Waals surface area contributed by atoms with E-state index in [9.17, 15) is 5.21 Å². The van der Waals surface area contributed by atoms with Gasteiger partial charge in [0.2, 0.25) is 0 Å². The van der Waals surface area contributed by atoms with Crippen LogP contribution in [0.1, 0.15) is 0 Å². The second-order valence-corrected chi connectivity index (χ2v) is 5.78. The Morgan fingerprint density at radius 3 is 1.62 bits per heavy atom. The highest BCUT2D eigenvalue weighted by atomic mass is 16.5. The number of nitrogens with zero attached hydrogens (tertiary/aromatic N) is 1. The molecule has 0 atom stereocenters. The van der Waals surface area contributed by atoms with Crippen molar-refractivity contribution in [2.45, 2.75) is 0 Å². The molecule has 0 aliphatic heterocycles. The Hall–Kier alpha value is -2.94. The van der Waals surface area contributed by atoms with Crippen LogP contribution in [0, 0.1) is 5.21 Å². The van der Waals surface area contributed by atoms with Gasteiger partial charge in [0.25, 0.3) is 0 Å². The Kier molecular flexibility index (Phi) is 3.62. The fourth-order valence-corrected chi connectivity index (χ4v) is 3.19. The second kappa shape index (κ2) is 5.93. The molecule has 0 radical (unpaired) electrons. The van der Waals surface area contributed by atoms with Crippen molar-refractivity contribution in [2.75, 3.05) is 0 Å². The first-order valence-corrected chi connectivity index (χ1v) is 8.00. The Morgan fingerprint density at radius 2 is 1.00 bits per heavy atom. The molecule has 4 aromatic carbocycles. The first-order chi connectivity index (χ1) is 11.8. The van der Waals surface area contributed by atoms with E-state index in [0.29, 0.717) is 11.4 Å². The summed E-state index contributed by atoms with van der Waals surface area (Å²) in [7, 11) is 0. The number of fused-ring (bicyclic) bond motifs is 1. The molecule has 0 unspecified atom stereocenters. The zero-order chi connectivity index (χ0) is 16.4. The molecule has 0 aromatic heterocycles. The Balaban J connectivity index is 2.07. The summed E-state index contributed by atoms with van der Waals surface area (Å²) in [6.07, 6.45) is 0. The van der Waals surface area contributed by atoms with Crippen LogP contribution >= 0.6 is 0 Å². The maximum Gasteiger partial charge on any atom is 0.150 e. The minimum Gasteiger partial charge on any atom is -0.616 e. The van der Waals surface area contributed by atoms with Crippen molar-refractivity contribution in [3.05, 3.63) is 108 Å². The van der Waals surface area contributed by atoms with Crippen molar-refractivity contribution in [1.82, 2.24) is 4.65 Å². The van der Waals surface area contributed by atoms with Gasteiger partial charge in [-0.2, -0.15) is 0 Å². The summed E-state index contributed by atoms with van der Waals surface area (Å²) in [5.74, 6) is 0. The molecule has 0 saturated carbocycles. The van der Waals surface area contributed by atoms with Gasteiger partial charge in [-0.15, -0.1) is 0 Å². The van der Waals surface area contributed by atoms with Crippen molar-refractivity contribution in [1.29, 1.82) is 0 Å². The highest BCUT2D eigenvalue weighted by Gasteiger charge is 2.28. The molecule has 4 aromatic rings. The molecular formula is C22H17NO. The molecule has 0 aliphatic rings. The van der Waals surface area contributed by atoms with Gasteiger partial charge >= 0.3 is 0 Å². The molecule has 0 spiro atoms. The molecule has 0 bridgehead atoms. The largest absolute Gasteiger partial charge is 0.616 e. The van der Waals surface area contributed by atoms with Crippen molar-refractivity contribution < 1.29 is 0 Å². The molecule has 0 fully saturated rings. The minimum absolute atomic E-state index is 0.608. The van der Waals surface area contributed by atoms with Gasteiger partial charge < -0.3 is 5.21 Å². The minimum atomic E-state index is -0.608. The number of quaternary nitrogens is 1. The van der Waals surface area contributed by atoms with Gasteiger partial charge in [-0.25, -0.2) is 0 Å². The fourth-order valence-electron chi connectivity index (χ4n) is 3.19. The zero-order valence-corrected chi connectivity index (χ0v) is 13.2. The Bertz CT molecular complexity index is 920. The van der Waals surface area contributed by atoms with Gasteiger partial charge in [-0.3, -0.25) is 4.65 Å². The topological polar surface area (TPSA) is 23.1 Å². The van der Waals surface area contributed by atoms with Gasteiger partial charge in [-0.05, 0) is 11.5 Å². The van der Waals surface area contributed by atoms with Crippen molar-refractivity contribution in [3.8, 4) is 0 Å². The molecule has 0 N–H and O–H groups in total. The van der Waals surface area contributed by atoms with Gasteiger partial charge in [-0.1, -0.05) is 66.7 Å². The molecule has 2 heteroatoms. The average molecular weight is 311 g/mol. The van der Waals surface area contributed by atoms with Crippen LogP contribution in [0.4, 0.5) is 17.1 Å². The molecule has 0 saturated heterocycles. The van der Waals surface area contributed by atoms with Crippen LogP contribution in [0.25, 0.3) is 10.8 Å². The molecule has 2 nitrogen and oxygen atoms in total. The van der Waals surface area contributed by atoms with Crippen LogP contribution in [0.15, 0.2) is 103 Å². The highest BCUT2D eigenvalue weighted by Crippen LogP contribution is 2.45. The molecule has 0 aliphatic carbocycles. The first-order valence-electron chi connectivity index (χ1n) is 8.00. The van der Waals surface area contributed by atoms with Crippen LogP contribution in [-0.4, -0.2) is 0 Å². The van der Waals surface area contributed by atoms with Crippen LogP contribution in [0.2, 0.25) is 0 Å². The normalized spacial score (nSPS) is 11.5. The SMILES string of the molecule is [O-][N+](c1ccccc1)(c1ccccc1)c1cccc2ccccc12. The molecule has 4 rings (SSSR count). The second-order valence-electron chi connectivity index (χ2n) is 5.78. The van der Waals surface area contributed by atoms with Crippen molar-refractivity contribution >= 4 is 27.8 Å². The van der Waals surface area contributed by atoms with Gasteiger partial charge in [0.15, 0.2) is 5.69 Å². The monoisotopic (exact) mass is 311 g/mol. The molecular weight excluding hydrogens is 294 g/mol. The lowest BCUT2D eigenvalue weighted by Gasteiger charge is -2.41. The lowest BCUT2D eigenvalue weighted by atomic mass is 10.1. The maximum atomic E-state index is 14.3. The number of rotatable bonds is 3. The number of hydrogen-bond acceptors (Lipinski definition) is 1. The third-order valence-corrected chi connectivity index (χ3v) is 4.35. The molecule has 0 heterocycles. The third-order valence-electron chi connectivity index (χ3n) is 4.35. The predicted molar refractivity (Wildman–Crippen MR) is 101 cm³/mol. The Labute approximate surface area is 141 Å². The number of benzene rings is 4. The van der Waals surface area contributed by atoms with E-state index in [1.54, 1.807) is 0 Å². The third kappa shape index (κ3) is 2.29.